The Labute approximate surface area is 105 Å². The summed E-state index contributed by atoms with van der Waals surface area (Å²) in [6.45, 7) is 2.70. The molecule has 0 fully saturated rings. The van der Waals surface area contributed by atoms with Gasteiger partial charge in [0.05, 0.1) is 13.0 Å². The highest BCUT2D eigenvalue weighted by Gasteiger charge is 2.12. The van der Waals surface area contributed by atoms with Gasteiger partial charge in [-0.25, -0.2) is 0 Å². The highest BCUT2D eigenvalue weighted by molar-refractivity contribution is 7.07. The van der Waals surface area contributed by atoms with Crippen LogP contribution in [0, 0.1) is 0 Å². The molecule has 4 nitrogen and oxygen atoms in total. The Morgan fingerprint density at radius 3 is 2.76 bits per heavy atom. The van der Waals surface area contributed by atoms with Crippen LogP contribution in [0.4, 0.5) is 0 Å². The Morgan fingerprint density at radius 2 is 2.18 bits per heavy atom. The molecule has 0 saturated heterocycles. The van der Waals surface area contributed by atoms with E-state index in [9.17, 15) is 9.59 Å². The third kappa shape index (κ3) is 4.99. The highest BCUT2D eigenvalue weighted by Crippen LogP contribution is 2.09. The topological polar surface area (TPSA) is 46.6 Å². The fraction of sp³-hybridized carbons (Fsp3) is 0.500. The van der Waals surface area contributed by atoms with Gasteiger partial charge in [0.1, 0.15) is 0 Å². The van der Waals surface area contributed by atoms with Gasteiger partial charge in [-0.1, -0.05) is 0 Å². The molecule has 17 heavy (non-hydrogen) atoms. The van der Waals surface area contributed by atoms with Crippen molar-refractivity contribution in [2.75, 3.05) is 13.7 Å². The van der Waals surface area contributed by atoms with Crippen LogP contribution in [-0.2, 0) is 20.9 Å². The molecule has 0 saturated carbocycles. The monoisotopic (exact) mass is 255 g/mol. The van der Waals surface area contributed by atoms with Crippen LogP contribution in [0.2, 0.25) is 0 Å². The molecular weight excluding hydrogens is 238 g/mol. The summed E-state index contributed by atoms with van der Waals surface area (Å²) in [6.07, 6.45) is 0.361. The maximum absolute atomic E-state index is 11.7. The molecule has 1 aromatic heterocycles. The summed E-state index contributed by atoms with van der Waals surface area (Å²) < 4.78 is 4.77. The minimum absolute atomic E-state index is 0.0377. The Bertz CT molecular complexity index is 362. The molecule has 0 spiro atoms. The van der Waals surface area contributed by atoms with E-state index in [0.717, 1.165) is 5.56 Å². The first-order valence-corrected chi connectivity index (χ1v) is 6.48. The third-order valence-corrected chi connectivity index (χ3v) is 3.01. The van der Waals surface area contributed by atoms with Gasteiger partial charge >= 0.3 is 5.97 Å². The maximum atomic E-state index is 11.7. The second kappa shape index (κ2) is 7.06. The van der Waals surface area contributed by atoms with E-state index in [4.69, 9.17) is 4.74 Å². The van der Waals surface area contributed by atoms with Crippen molar-refractivity contribution in [1.82, 2.24) is 4.90 Å². The first-order valence-electron chi connectivity index (χ1n) is 5.54. The molecule has 1 rings (SSSR count). The van der Waals surface area contributed by atoms with Crippen molar-refractivity contribution in [3.05, 3.63) is 22.4 Å². The van der Waals surface area contributed by atoms with Crippen molar-refractivity contribution in [3.63, 3.8) is 0 Å². The fourth-order valence-electron chi connectivity index (χ4n) is 1.38. The smallest absolute Gasteiger partial charge is 0.306 e. The summed E-state index contributed by atoms with van der Waals surface area (Å²) in [5.41, 5.74) is 1.11. The molecule has 94 valence electrons. The van der Waals surface area contributed by atoms with E-state index < -0.39 is 0 Å². The maximum Gasteiger partial charge on any atom is 0.306 e. The van der Waals surface area contributed by atoms with Crippen LogP contribution in [0.25, 0.3) is 0 Å². The van der Waals surface area contributed by atoms with Gasteiger partial charge in [0, 0.05) is 20.0 Å². The second-order valence-corrected chi connectivity index (χ2v) is 4.47. The normalized spacial score (nSPS) is 10.0. The fourth-order valence-corrected chi connectivity index (χ4v) is 2.04. The summed E-state index contributed by atoms with van der Waals surface area (Å²) >= 11 is 1.61. The molecule has 0 N–H and O–H groups in total. The number of rotatable bonds is 6. The second-order valence-electron chi connectivity index (χ2n) is 3.69. The molecule has 1 heterocycles. The summed E-state index contributed by atoms with van der Waals surface area (Å²) in [7, 11) is 1.74. The molecule has 0 aliphatic rings. The number of hydrogen-bond acceptors (Lipinski definition) is 4. The van der Waals surface area contributed by atoms with Crippen molar-refractivity contribution in [2.24, 2.45) is 0 Å². The molecule has 5 heteroatoms. The van der Waals surface area contributed by atoms with Crippen LogP contribution in [-0.4, -0.2) is 30.4 Å². The van der Waals surface area contributed by atoms with Crippen molar-refractivity contribution < 1.29 is 14.3 Å². The van der Waals surface area contributed by atoms with E-state index in [-0.39, 0.29) is 24.7 Å². The lowest BCUT2D eigenvalue weighted by atomic mass is 10.2. The van der Waals surface area contributed by atoms with Crippen molar-refractivity contribution in [3.8, 4) is 0 Å². The average molecular weight is 255 g/mol. The van der Waals surface area contributed by atoms with E-state index in [1.165, 1.54) is 0 Å². The number of nitrogens with zero attached hydrogens (tertiary/aromatic N) is 1. The molecule has 1 amide bonds. The van der Waals surface area contributed by atoms with Crippen LogP contribution >= 0.6 is 11.3 Å². The SMILES string of the molecule is CCOC(=O)CCC(=O)N(C)Cc1ccsc1. The Balaban J connectivity index is 2.29. The lowest BCUT2D eigenvalue weighted by Gasteiger charge is -2.16. The molecule has 1 aromatic rings. The third-order valence-electron chi connectivity index (χ3n) is 2.27. The quantitative estimate of drug-likeness (QED) is 0.731. The minimum atomic E-state index is -0.315. The van der Waals surface area contributed by atoms with Gasteiger partial charge in [0.25, 0.3) is 0 Å². The van der Waals surface area contributed by atoms with E-state index in [1.807, 2.05) is 16.8 Å². The van der Waals surface area contributed by atoms with Crippen molar-refractivity contribution >= 4 is 23.2 Å². The van der Waals surface area contributed by atoms with E-state index in [1.54, 1.807) is 30.2 Å². The highest BCUT2D eigenvalue weighted by atomic mass is 32.1. The van der Waals surface area contributed by atoms with Gasteiger partial charge in [-0.15, -0.1) is 0 Å². The zero-order chi connectivity index (χ0) is 12.7. The molecule has 0 aliphatic carbocycles. The van der Waals surface area contributed by atoms with Crippen LogP contribution in [0.5, 0.6) is 0 Å². The number of hydrogen-bond donors (Lipinski definition) is 0. The number of carbonyl (C=O) groups excluding carboxylic acids is 2. The van der Waals surface area contributed by atoms with Crippen LogP contribution in [0.1, 0.15) is 25.3 Å². The summed E-state index contributed by atoms with van der Waals surface area (Å²) in [5, 5.41) is 3.99. The number of carbonyl (C=O) groups is 2. The summed E-state index contributed by atoms with van der Waals surface area (Å²) in [4.78, 5) is 24.4. The lowest BCUT2D eigenvalue weighted by molar-refractivity contribution is -0.145. The van der Waals surface area contributed by atoms with Gasteiger partial charge < -0.3 is 9.64 Å². The van der Waals surface area contributed by atoms with Gasteiger partial charge in [-0.3, -0.25) is 9.59 Å². The number of amides is 1. The van der Waals surface area contributed by atoms with Crippen LogP contribution in [0.3, 0.4) is 0 Å². The average Bonchev–Trinajstić information content (AvgIpc) is 2.79. The molecular formula is C12H17NO3S. The Hall–Kier alpha value is -1.36. The Morgan fingerprint density at radius 1 is 1.41 bits per heavy atom. The predicted molar refractivity (Wildman–Crippen MR) is 66.7 cm³/mol. The van der Waals surface area contributed by atoms with Gasteiger partial charge in [-0.05, 0) is 29.3 Å². The minimum Gasteiger partial charge on any atom is -0.466 e. The molecule has 0 aromatic carbocycles. The first-order chi connectivity index (χ1) is 8.13. The van der Waals surface area contributed by atoms with Crippen LogP contribution in [0.15, 0.2) is 16.8 Å². The predicted octanol–water partition coefficient (Wildman–Crippen LogP) is 2.05. The summed E-state index contributed by atoms with van der Waals surface area (Å²) in [6, 6.07) is 1.99. The zero-order valence-electron chi connectivity index (χ0n) is 10.1. The first kappa shape index (κ1) is 13.7. The van der Waals surface area contributed by atoms with E-state index in [0.29, 0.717) is 13.2 Å². The molecule has 0 radical (unpaired) electrons. The van der Waals surface area contributed by atoms with Gasteiger partial charge in [0.2, 0.25) is 5.91 Å². The van der Waals surface area contributed by atoms with Gasteiger partial charge in [0.15, 0.2) is 0 Å². The standard InChI is InChI=1S/C12H17NO3S/c1-3-16-12(15)5-4-11(14)13(2)8-10-6-7-17-9-10/h6-7,9H,3-5,8H2,1-2H3. The van der Waals surface area contributed by atoms with Crippen LogP contribution < -0.4 is 0 Å². The lowest BCUT2D eigenvalue weighted by Crippen LogP contribution is -2.26. The zero-order valence-corrected chi connectivity index (χ0v) is 11.0. The molecule has 0 aliphatic heterocycles. The number of thiophene rings is 1. The summed E-state index contributed by atoms with van der Waals surface area (Å²) in [5.74, 6) is -0.353. The van der Waals surface area contributed by atoms with Gasteiger partial charge in [-0.2, -0.15) is 11.3 Å². The molecule has 0 atom stereocenters. The van der Waals surface area contributed by atoms with Crippen molar-refractivity contribution in [1.29, 1.82) is 0 Å². The van der Waals surface area contributed by atoms with E-state index in [2.05, 4.69) is 0 Å². The largest absolute Gasteiger partial charge is 0.466 e. The Kier molecular flexibility index (Phi) is 5.69. The van der Waals surface area contributed by atoms with Crippen molar-refractivity contribution in [2.45, 2.75) is 26.3 Å². The number of ether oxygens (including phenoxy) is 1. The number of esters is 1. The van der Waals surface area contributed by atoms with E-state index >= 15 is 0 Å². The molecule has 0 unspecified atom stereocenters. The molecule has 0 bridgehead atoms.